The van der Waals surface area contributed by atoms with Crippen LogP contribution in [0.4, 0.5) is 15.8 Å². The van der Waals surface area contributed by atoms with E-state index in [1.54, 1.807) is 6.07 Å². The molecule has 176 valence electrons. The Morgan fingerprint density at radius 1 is 1.36 bits per heavy atom. The molecular weight excluding hydrogens is 465 g/mol. The van der Waals surface area contributed by atoms with Gasteiger partial charge >= 0.3 is 0 Å². The minimum Gasteiger partial charge on any atom is -1.00 e. The number of aryl methyl sites for hydroxylation is 1. The highest BCUT2D eigenvalue weighted by atomic mass is 35.5. The zero-order chi connectivity index (χ0) is 23.0. The summed E-state index contributed by atoms with van der Waals surface area (Å²) < 4.78 is 18.0. The molecule has 2 aromatic rings. The van der Waals surface area contributed by atoms with Gasteiger partial charge in [-0.15, -0.1) is 16.8 Å². The van der Waals surface area contributed by atoms with E-state index in [2.05, 4.69) is 12.3 Å². The Kier molecular flexibility index (Phi) is 7.76. The number of nitrogens with one attached hydrogen (secondary N) is 1. The zero-order valence-corrected chi connectivity index (χ0v) is 20.6. The van der Waals surface area contributed by atoms with Crippen molar-refractivity contribution in [2.75, 3.05) is 13.6 Å². The molecule has 0 aliphatic carbocycles. The Bertz CT molecular complexity index is 1140. The third kappa shape index (κ3) is 4.76. The number of thioether (sulfide) groups is 1. The standard InChI is InChI=1S/C23H26FN5O2S.ClH/c1-5-6-15-7-8-16(29(30)31)11-17(15)23-21-18(9-10-19(22(21)24)32-14(2)3)28-13-26-27(4)20(28)12-25-23;/h7-11,13-14,20H,5-6,12H2,1-4H3;1H. The van der Waals surface area contributed by atoms with Gasteiger partial charge in [-0.1, -0.05) is 33.3 Å². The molecule has 0 spiro atoms. The Morgan fingerprint density at radius 2 is 2.12 bits per heavy atom. The van der Waals surface area contributed by atoms with Crippen LogP contribution in [0.1, 0.15) is 43.9 Å². The molecule has 2 heterocycles. The van der Waals surface area contributed by atoms with Crippen molar-refractivity contribution in [2.24, 2.45) is 4.99 Å². The predicted molar refractivity (Wildman–Crippen MR) is 126 cm³/mol. The Hall–Kier alpha value is -2.49. The van der Waals surface area contributed by atoms with Crippen molar-refractivity contribution in [3.63, 3.8) is 0 Å². The summed E-state index contributed by atoms with van der Waals surface area (Å²) in [5, 5.41) is 13.7. The van der Waals surface area contributed by atoms with Gasteiger partial charge < -0.3 is 12.4 Å². The SMILES string of the molecule is CCCc1ccc([N+](=O)[O-])cc1C1=NCC2N(C)NC=[N+]2c2ccc(SC(C)C)c(F)c21.[Cl-]. The average Bonchev–Trinajstić information content (AvgIpc) is 3.02. The Labute approximate surface area is 203 Å². The van der Waals surface area contributed by atoms with Crippen LogP contribution in [0.3, 0.4) is 0 Å². The van der Waals surface area contributed by atoms with Gasteiger partial charge in [0.05, 0.1) is 22.7 Å². The monoisotopic (exact) mass is 491 g/mol. The zero-order valence-electron chi connectivity index (χ0n) is 19.0. The average molecular weight is 492 g/mol. The third-order valence-corrected chi connectivity index (χ3v) is 6.66. The molecule has 1 N–H and O–H groups in total. The van der Waals surface area contributed by atoms with E-state index in [9.17, 15) is 10.1 Å². The van der Waals surface area contributed by atoms with Crippen LogP contribution in [-0.2, 0) is 6.42 Å². The van der Waals surface area contributed by atoms with E-state index >= 15 is 4.39 Å². The molecule has 2 aromatic carbocycles. The number of hydrogen-bond acceptors (Lipinski definition) is 6. The van der Waals surface area contributed by atoms with Crippen molar-refractivity contribution < 1.29 is 26.3 Å². The van der Waals surface area contributed by atoms with Crippen molar-refractivity contribution in [3.05, 3.63) is 63.0 Å². The van der Waals surface area contributed by atoms with E-state index in [4.69, 9.17) is 4.99 Å². The molecular formula is C23H27ClFN5O2S. The van der Waals surface area contributed by atoms with Gasteiger partial charge in [0.1, 0.15) is 11.5 Å². The number of halogens is 2. The summed E-state index contributed by atoms with van der Waals surface area (Å²) in [6, 6.07) is 8.56. The number of nitro benzene ring substituents is 1. The molecule has 2 aliphatic rings. The van der Waals surface area contributed by atoms with E-state index in [1.807, 2.05) is 49.0 Å². The Balaban J connectivity index is 0.00000306. The normalized spacial score (nSPS) is 17.3. The van der Waals surface area contributed by atoms with Gasteiger partial charge in [-0.3, -0.25) is 15.1 Å². The Morgan fingerprint density at radius 3 is 2.79 bits per heavy atom. The van der Waals surface area contributed by atoms with Gasteiger partial charge in [0.25, 0.3) is 12.0 Å². The number of rotatable bonds is 6. The minimum atomic E-state index is -0.414. The van der Waals surface area contributed by atoms with E-state index in [1.165, 1.54) is 23.9 Å². The smallest absolute Gasteiger partial charge is 0.270 e. The molecule has 0 aromatic heterocycles. The van der Waals surface area contributed by atoms with Gasteiger partial charge in [0.2, 0.25) is 6.17 Å². The number of nitro groups is 1. The number of benzene rings is 2. The van der Waals surface area contributed by atoms with Crippen LogP contribution in [0, 0.1) is 15.9 Å². The predicted octanol–water partition coefficient (Wildman–Crippen LogP) is 1.49. The topological polar surface area (TPSA) is 73.8 Å². The van der Waals surface area contributed by atoms with Crippen LogP contribution in [-0.4, -0.2) is 51.6 Å². The van der Waals surface area contributed by atoms with Crippen molar-refractivity contribution in [1.29, 1.82) is 0 Å². The number of likely N-dealkylation sites (N-methyl/N-ethyl adjacent to an activating group) is 1. The number of nitrogens with zero attached hydrogens (tertiary/aromatic N) is 4. The van der Waals surface area contributed by atoms with Crippen LogP contribution in [0.25, 0.3) is 0 Å². The molecule has 0 radical (unpaired) electrons. The van der Waals surface area contributed by atoms with Crippen LogP contribution < -0.4 is 17.8 Å². The fraction of sp³-hybridized carbons (Fsp3) is 0.391. The van der Waals surface area contributed by atoms with Crippen molar-refractivity contribution >= 4 is 35.2 Å². The fourth-order valence-electron chi connectivity index (χ4n) is 4.14. The number of hydrazine groups is 1. The summed E-state index contributed by atoms with van der Waals surface area (Å²) in [7, 11) is 1.91. The molecule has 0 fully saturated rings. The largest absolute Gasteiger partial charge is 1.00 e. The minimum absolute atomic E-state index is 0. The molecule has 1 atom stereocenters. The van der Waals surface area contributed by atoms with Crippen LogP contribution in [0.5, 0.6) is 0 Å². The van der Waals surface area contributed by atoms with Gasteiger partial charge in [0, 0.05) is 34.9 Å². The molecule has 0 bridgehead atoms. The summed E-state index contributed by atoms with van der Waals surface area (Å²) in [6.07, 6.45) is 3.29. The van der Waals surface area contributed by atoms with Gasteiger partial charge in [0.15, 0.2) is 0 Å². The maximum atomic E-state index is 16.1. The van der Waals surface area contributed by atoms with E-state index < -0.39 is 4.92 Å². The summed E-state index contributed by atoms with van der Waals surface area (Å²) in [5.74, 6) is -0.336. The van der Waals surface area contributed by atoms with E-state index in [-0.39, 0.29) is 35.3 Å². The highest BCUT2D eigenvalue weighted by molar-refractivity contribution is 7.99. The molecule has 33 heavy (non-hydrogen) atoms. The number of aliphatic imine (C=N–C) groups is 1. The second-order valence-electron chi connectivity index (χ2n) is 8.23. The summed E-state index contributed by atoms with van der Waals surface area (Å²) in [4.78, 5) is 16.5. The maximum absolute atomic E-state index is 16.1. The van der Waals surface area contributed by atoms with Gasteiger partial charge in [-0.2, -0.15) is 5.43 Å². The lowest BCUT2D eigenvalue weighted by Gasteiger charge is -2.17. The highest BCUT2D eigenvalue weighted by Crippen LogP contribution is 2.37. The molecule has 10 heteroatoms. The van der Waals surface area contributed by atoms with E-state index in [0.29, 0.717) is 34.0 Å². The second-order valence-corrected chi connectivity index (χ2v) is 9.85. The van der Waals surface area contributed by atoms with Crippen molar-refractivity contribution in [3.8, 4) is 0 Å². The lowest BCUT2D eigenvalue weighted by Crippen LogP contribution is -3.00. The van der Waals surface area contributed by atoms with Crippen LogP contribution in [0.15, 0.2) is 40.2 Å². The quantitative estimate of drug-likeness (QED) is 0.287. The fourth-order valence-corrected chi connectivity index (χ4v) is 5.00. The van der Waals surface area contributed by atoms with Gasteiger partial charge in [-0.25, -0.2) is 8.97 Å². The molecule has 2 aliphatic heterocycles. The molecule has 4 rings (SSSR count). The molecule has 7 nitrogen and oxygen atoms in total. The lowest BCUT2D eigenvalue weighted by atomic mass is 9.93. The molecule has 0 amide bonds. The van der Waals surface area contributed by atoms with Gasteiger partial charge in [-0.05, 0) is 24.1 Å². The first kappa shape index (κ1) is 25.1. The number of fused-ring (bicyclic) bond motifs is 3. The lowest BCUT2D eigenvalue weighted by molar-refractivity contribution is -0.491. The number of non-ortho nitro benzene ring substituents is 1. The maximum Gasteiger partial charge on any atom is 0.270 e. The van der Waals surface area contributed by atoms with Crippen molar-refractivity contribution in [1.82, 2.24) is 10.4 Å². The number of hydrogen-bond donors (Lipinski definition) is 1. The first-order valence-electron chi connectivity index (χ1n) is 10.7. The first-order chi connectivity index (χ1) is 15.3. The van der Waals surface area contributed by atoms with Crippen LogP contribution >= 0.6 is 11.8 Å². The molecule has 0 saturated heterocycles. The highest BCUT2D eigenvalue weighted by Gasteiger charge is 2.38. The van der Waals surface area contributed by atoms with Crippen LogP contribution in [0.2, 0.25) is 0 Å². The third-order valence-electron chi connectivity index (χ3n) is 5.62. The summed E-state index contributed by atoms with van der Waals surface area (Å²) in [5.41, 5.74) is 6.26. The second kappa shape index (κ2) is 10.2. The molecule has 0 saturated carbocycles. The summed E-state index contributed by atoms with van der Waals surface area (Å²) >= 11 is 1.46. The van der Waals surface area contributed by atoms with E-state index in [0.717, 1.165) is 18.4 Å². The summed E-state index contributed by atoms with van der Waals surface area (Å²) in [6.45, 7) is 6.49. The molecule has 1 unspecified atom stereocenters. The first-order valence-corrected chi connectivity index (χ1v) is 11.6. The van der Waals surface area contributed by atoms with Crippen molar-refractivity contribution in [2.45, 2.75) is 49.9 Å².